The maximum atomic E-state index is 12.9. The van der Waals surface area contributed by atoms with Crippen molar-refractivity contribution in [2.24, 2.45) is 0 Å². The van der Waals surface area contributed by atoms with Crippen LogP contribution in [0.1, 0.15) is 11.1 Å². The summed E-state index contributed by atoms with van der Waals surface area (Å²) in [6, 6.07) is 16.9. The van der Waals surface area contributed by atoms with Crippen molar-refractivity contribution in [3.05, 3.63) is 91.5 Å². The number of sulfonamides is 1. The van der Waals surface area contributed by atoms with Gasteiger partial charge < -0.3 is 0 Å². The highest BCUT2D eigenvalue weighted by Crippen LogP contribution is 2.26. The molecule has 0 amide bonds. The van der Waals surface area contributed by atoms with Gasteiger partial charge in [0.25, 0.3) is 10.0 Å². The molecule has 0 radical (unpaired) electrons. The Morgan fingerprint density at radius 1 is 0.967 bits per heavy atom. The third-order valence-electron chi connectivity index (χ3n) is 4.65. The zero-order valence-corrected chi connectivity index (χ0v) is 18.9. The topological polar surface area (TPSA) is 68.2 Å². The molecule has 0 atom stereocenters. The van der Waals surface area contributed by atoms with Gasteiger partial charge in [-0.25, -0.2) is 8.42 Å². The predicted octanol–water partition coefficient (Wildman–Crippen LogP) is 5.53. The average molecular weight is 479 g/mol. The van der Waals surface area contributed by atoms with Gasteiger partial charge in [-0.2, -0.15) is 0 Å². The van der Waals surface area contributed by atoms with Crippen LogP contribution in [0.15, 0.2) is 70.4 Å². The van der Waals surface area contributed by atoms with E-state index in [0.717, 1.165) is 22.5 Å². The molecule has 0 bridgehead atoms. The number of nitrogens with one attached hydrogen (secondary N) is 1. The Hall–Kier alpha value is -2.32. The maximum Gasteiger partial charge on any atom is 0.308 e. The SMILES string of the molecule is Cc1ccc(Cl)cc1NS(=O)(=O)c1ccc2c(c1)sc(=O)n2Cc1ccc(Cl)cc1. The molecule has 0 aliphatic rings. The first-order valence-corrected chi connectivity index (χ1v) is 12.0. The Morgan fingerprint density at radius 3 is 2.40 bits per heavy atom. The molecule has 0 fully saturated rings. The molecule has 1 heterocycles. The zero-order valence-electron chi connectivity index (χ0n) is 15.7. The van der Waals surface area contributed by atoms with Crippen molar-refractivity contribution in [3.8, 4) is 0 Å². The minimum Gasteiger partial charge on any atom is -0.294 e. The van der Waals surface area contributed by atoms with Crippen LogP contribution in [0.5, 0.6) is 0 Å². The standard InChI is InChI=1S/C21H16Cl2N2O3S2/c1-13-2-5-16(23)10-18(13)24-30(27,28)17-8-9-19-20(11-17)29-21(26)25(19)12-14-3-6-15(22)7-4-14/h2-11,24H,12H2,1H3. The highest BCUT2D eigenvalue weighted by atomic mass is 35.5. The fraction of sp³-hybridized carbons (Fsp3) is 0.0952. The molecule has 154 valence electrons. The Kier molecular flexibility index (Phi) is 5.63. The Morgan fingerprint density at radius 2 is 1.67 bits per heavy atom. The molecule has 1 aromatic heterocycles. The van der Waals surface area contributed by atoms with Gasteiger partial charge >= 0.3 is 4.87 Å². The van der Waals surface area contributed by atoms with Gasteiger partial charge in [-0.15, -0.1) is 0 Å². The highest BCUT2D eigenvalue weighted by Gasteiger charge is 2.18. The zero-order chi connectivity index (χ0) is 21.5. The van der Waals surface area contributed by atoms with E-state index in [4.69, 9.17) is 23.2 Å². The third-order valence-corrected chi connectivity index (χ3v) is 7.44. The lowest BCUT2D eigenvalue weighted by Gasteiger charge is -2.11. The molecule has 30 heavy (non-hydrogen) atoms. The van der Waals surface area contributed by atoms with E-state index < -0.39 is 10.0 Å². The molecule has 0 aliphatic carbocycles. The van der Waals surface area contributed by atoms with E-state index in [9.17, 15) is 13.2 Å². The smallest absolute Gasteiger partial charge is 0.294 e. The van der Waals surface area contributed by atoms with Gasteiger partial charge in [-0.1, -0.05) is 52.7 Å². The number of anilines is 1. The summed E-state index contributed by atoms with van der Waals surface area (Å²) in [5.74, 6) is 0. The largest absolute Gasteiger partial charge is 0.308 e. The lowest BCUT2D eigenvalue weighted by molar-refractivity contribution is 0.601. The van der Waals surface area contributed by atoms with Gasteiger partial charge in [-0.3, -0.25) is 14.1 Å². The van der Waals surface area contributed by atoms with Crippen molar-refractivity contribution in [2.45, 2.75) is 18.4 Å². The van der Waals surface area contributed by atoms with Gasteiger partial charge in [0.05, 0.1) is 27.3 Å². The summed E-state index contributed by atoms with van der Waals surface area (Å²) in [5, 5.41) is 1.06. The Labute approximate surface area is 187 Å². The summed E-state index contributed by atoms with van der Waals surface area (Å²) < 4.78 is 30.5. The van der Waals surface area contributed by atoms with Gasteiger partial charge in [-0.05, 0) is 60.5 Å². The lowest BCUT2D eigenvalue weighted by atomic mass is 10.2. The van der Waals surface area contributed by atoms with Crippen molar-refractivity contribution >= 4 is 60.5 Å². The van der Waals surface area contributed by atoms with Crippen LogP contribution in [0.25, 0.3) is 10.2 Å². The van der Waals surface area contributed by atoms with E-state index in [1.165, 1.54) is 12.1 Å². The second-order valence-corrected chi connectivity index (χ2v) is 10.3. The Balaban J connectivity index is 1.69. The molecule has 1 N–H and O–H groups in total. The lowest BCUT2D eigenvalue weighted by Crippen LogP contribution is -2.14. The van der Waals surface area contributed by atoms with Gasteiger partial charge in [0.1, 0.15) is 0 Å². The molecular formula is C21H16Cl2N2O3S2. The van der Waals surface area contributed by atoms with E-state index >= 15 is 0 Å². The number of aryl methyl sites for hydroxylation is 1. The van der Waals surface area contributed by atoms with Crippen LogP contribution in [0.2, 0.25) is 10.0 Å². The molecule has 0 unspecified atom stereocenters. The van der Waals surface area contributed by atoms with Crippen LogP contribution in [0.3, 0.4) is 0 Å². The quantitative estimate of drug-likeness (QED) is 0.410. The number of halogens is 2. The van der Waals surface area contributed by atoms with Crippen LogP contribution >= 0.6 is 34.5 Å². The number of hydrogen-bond donors (Lipinski definition) is 1. The van der Waals surface area contributed by atoms with Crippen molar-refractivity contribution in [1.82, 2.24) is 4.57 Å². The number of aromatic nitrogens is 1. The Bertz CT molecular complexity index is 1410. The monoisotopic (exact) mass is 478 g/mol. The first-order valence-electron chi connectivity index (χ1n) is 8.90. The number of rotatable bonds is 5. The van der Waals surface area contributed by atoms with Crippen LogP contribution < -0.4 is 9.60 Å². The molecule has 4 rings (SSSR count). The van der Waals surface area contributed by atoms with E-state index in [2.05, 4.69) is 4.72 Å². The van der Waals surface area contributed by atoms with Crippen molar-refractivity contribution in [1.29, 1.82) is 0 Å². The molecule has 0 saturated carbocycles. The van der Waals surface area contributed by atoms with E-state index in [0.29, 0.717) is 32.5 Å². The predicted molar refractivity (Wildman–Crippen MR) is 124 cm³/mol. The molecule has 0 saturated heterocycles. The summed E-state index contributed by atoms with van der Waals surface area (Å²) >= 11 is 12.9. The third kappa shape index (κ3) is 4.25. The van der Waals surface area contributed by atoms with Gasteiger partial charge in [0, 0.05) is 10.0 Å². The average Bonchev–Trinajstić information content (AvgIpc) is 3.01. The van der Waals surface area contributed by atoms with Crippen molar-refractivity contribution < 1.29 is 8.42 Å². The number of benzene rings is 3. The molecule has 0 aliphatic heterocycles. The first-order chi connectivity index (χ1) is 14.2. The minimum atomic E-state index is -3.84. The molecule has 3 aromatic carbocycles. The summed E-state index contributed by atoms with van der Waals surface area (Å²) in [5.41, 5.74) is 2.77. The number of nitrogens with zero attached hydrogens (tertiary/aromatic N) is 1. The summed E-state index contributed by atoms with van der Waals surface area (Å²) in [7, 11) is -3.84. The van der Waals surface area contributed by atoms with Crippen molar-refractivity contribution in [3.63, 3.8) is 0 Å². The number of hydrogen-bond acceptors (Lipinski definition) is 4. The summed E-state index contributed by atoms with van der Waals surface area (Å²) in [6.07, 6.45) is 0. The van der Waals surface area contributed by atoms with E-state index in [1.54, 1.807) is 47.9 Å². The van der Waals surface area contributed by atoms with Crippen LogP contribution in [-0.2, 0) is 16.6 Å². The normalized spacial score (nSPS) is 11.7. The fourth-order valence-corrected chi connectivity index (χ4v) is 5.49. The first kappa shape index (κ1) is 20.9. The number of fused-ring (bicyclic) bond motifs is 1. The molecular weight excluding hydrogens is 463 g/mol. The summed E-state index contributed by atoms with van der Waals surface area (Å²) in [4.78, 5) is 12.4. The van der Waals surface area contributed by atoms with Crippen LogP contribution in [0.4, 0.5) is 5.69 Å². The molecule has 0 spiro atoms. The molecule has 5 nitrogen and oxygen atoms in total. The fourth-order valence-electron chi connectivity index (χ4n) is 3.04. The minimum absolute atomic E-state index is 0.0780. The van der Waals surface area contributed by atoms with Crippen molar-refractivity contribution in [2.75, 3.05) is 4.72 Å². The van der Waals surface area contributed by atoms with Crippen LogP contribution in [-0.4, -0.2) is 13.0 Å². The van der Waals surface area contributed by atoms with Gasteiger partial charge in [0.15, 0.2) is 0 Å². The molecule has 9 heteroatoms. The van der Waals surface area contributed by atoms with Crippen LogP contribution in [0, 0.1) is 6.92 Å². The second-order valence-electron chi connectivity index (χ2n) is 6.77. The second kappa shape index (κ2) is 8.07. The van der Waals surface area contributed by atoms with E-state index in [1.807, 2.05) is 12.1 Å². The summed E-state index contributed by atoms with van der Waals surface area (Å²) in [6.45, 7) is 2.17. The number of thiazole rings is 1. The highest BCUT2D eigenvalue weighted by molar-refractivity contribution is 7.92. The van der Waals surface area contributed by atoms with E-state index in [-0.39, 0.29) is 9.77 Å². The van der Waals surface area contributed by atoms with Gasteiger partial charge in [0.2, 0.25) is 0 Å². The maximum absolute atomic E-state index is 12.9. The molecule has 4 aromatic rings.